The van der Waals surface area contributed by atoms with E-state index in [-0.39, 0.29) is 11.3 Å². The number of carboxylic acid groups (broad SMARTS) is 1. The molecule has 0 saturated carbocycles. The van der Waals surface area contributed by atoms with Gasteiger partial charge in [0, 0.05) is 11.6 Å². The van der Waals surface area contributed by atoms with E-state index in [1.54, 1.807) is 0 Å². The first-order valence-electron chi connectivity index (χ1n) is 4.02. The van der Waals surface area contributed by atoms with Crippen LogP contribution in [0.5, 0.6) is 11.5 Å². The topological polar surface area (TPSA) is 92.8 Å². The van der Waals surface area contributed by atoms with Gasteiger partial charge in [0.05, 0.1) is 7.11 Å². The Morgan fingerprint density at radius 1 is 1.60 bits per heavy atom. The number of hydrogen-bond donors (Lipinski definition) is 3. The van der Waals surface area contributed by atoms with Gasteiger partial charge in [-0.3, -0.25) is 4.79 Å². The average molecular weight is 215 g/mol. The molecule has 0 amide bonds. The molecule has 0 heterocycles. The molecule has 1 unspecified atom stereocenters. The fraction of sp³-hybridized carbons (Fsp3) is 0.222. The van der Waals surface area contributed by atoms with Crippen LogP contribution in [0.3, 0.4) is 0 Å². The third-order valence-electron chi connectivity index (χ3n) is 1.89. The fourth-order valence-corrected chi connectivity index (χ4v) is 1.12. The van der Waals surface area contributed by atoms with Crippen LogP contribution in [0.1, 0.15) is 11.6 Å². The zero-order chi connectivity index (χ0) is 11.6. The Labute approximate surface area is 84.9 Å². The van der Waals surface area contributed by atoms with Crippen LogP contribution in [0.15, 0.2) is 12.1 Å². The van der Waals surface area contributed by atoms with Gasteiger partial charge in [0.25, 0.3) is 0 Å². The van der Waals surface area contributed by atoms with E-state index < -0.39 is 23.6 Å². The number of hydrogen-bond acceptors (Lipinski definition) is 4. The predicted octanol–water partition coefficient (Wildman–Crippen LogP) is 0.624. The minimum absolute atomic E-state index is 0.151. The van der Waals surface area contributed by atoms with Gasteiger partial charge in [0.1, 0.15) is 11.9 Å². The van der Waals surface area contributed by atoms with Gasteiger partial charge < -0.3 is 20.7 Å². The number of methoxy groups -OCH3 is 1. The molecule has 1 aromatic rings. The SMILES string of the molecule is COc1cc(F)cc(C(N)C(=O)O)c1O. The molecule has 0 aliphatic carbocycles. The van der Waals surface area contributed by atoms with Crippen molar-refractivity contribution in [2.45, 2.75) is 6.04 Å². The lowest BCUT2D eigenvalue weighted by Gasteiger charge is -2.12. The smallest absolute Gasteiger partial charge is 0.325 e. The van der Waals surface area contributed by atoms with E-state index in [4.69, 9.17) is 10.8 Å². The highest BCUT2D eigenvalue weighted by atomic mass is 19.1. The van der Waals surface area contributed by atoms with E-state index in [2.05, 4.69) is 4.74 Å². The predicted molar refractivity (Wildman–Crippen MR) is 49.2 cm³/mol. The Morgan fingerprint density at radius 3 is 2.67 bits per heavy atom. The second-order valence-corrected chi connectivity index (χ2v) is 2.86. The van der Waals surface area contributed by atoms with E-state index in [1.165, 1.54) is 7.11 Å². The van der Waals surface area contributed by atoms with E-state index >= 15 is 0 Å². The second kappa shape index (κ2) is 4.14. The molecule has 82 valence electrons. The lowest BCUT2D eigenvalue weighted by atomic mass is 10.1. The van der Waals surface area contributed by atoms with Crippen molar-refractivity contribution in [2.24, 2.45) is 5.73 Å². The minimum Gasteiger partial charge on any atom is -0.504 e. The van der Waals surface area contributed by atoms with Crippen molar-refractivity contribution in [1.29, 1.82) is 0 Å². The molecule has 0 saturated heterocycles. The summed E-state index contributed by atoms with van der Waals surface area (Å²) in [4.78, 5) is 10.6. The summed E-state index contributed by atoms with van der Waals surface area (Å²) in [7, 11) is 1.23. The van der Waals surface area contributed by atoms with Crippen LogP contribution >= 0.6 is 0 Å². The highest BCUT2D eigenvalue weighted by Gasteiger charge is 2.21. The van der Waals surface area contributed by atoms with Gasteiger partial charge in [-0.15, -0.1) is 0 Å². The number of rotatable bonds is 3. The summed E-state index contributed by atoms with van der Waals surface area (Å²) < 4.78 is 17.6. The number of nitrogens with two attached hydrogens (primary N) is 1. The Bertz CT molecular complexity index is 394. The summed E-state index contributed by atoms with van der Waals surface area (Å²) in [6, 6.07) is 0.305. The number of halogens is 1. The molecular formula is C9H10FNO4. The zero-order valence-corrected chi connectivity index (χ0v) is 7.90. The van der Waals surface area contributed by atoms with Crippen LogP contribution in [0, 0.1) is 5.82 Å². The highest BCUT2D eigenvalue weighted by molar-refractivity contribution is 5.77. The summed E-state index contributed by atoms with van der Waals surface area (Å²) in [6.45, 7) is 0. The normalized spacial score (nSPS) is 12.2. The Morgan fingerprint density at radius 2 is 2.20 bits per heavy atom. The Hall–Kier alpha value is -1.82. The van der Waals surface area contributed by atoms with E-state index in [0.29, 0.717) is 0 Å². The number of aromatic hydroxyl groups is 1. The number of ether oxygens (including phenoxy) is 1. The molecule has 0 aliphatic heterocycles. The van der Waals surface area contributed by atoms with Crippen molar-refractivity contribution in [3.8, 4) is 11.5 Å². The second-order valence-electron chi connectivity index (χ2n) is 2.86. The number of carboxylic acids is 1. The first-order chi connectivity index (χ1) is 6.97. The number of phenols is 1. The van der Waals surface area contributed by atoms with Crippen LogP contribution in [0.2, 0.25) is 0 Å². The molecule has 0 spiro atoms. The van der Waals surface area contributed by atoms with Gasteiger partial charge in [-0.05, 0) is 6.07 Å². The summed E-state index contributed by atoms with van der Waals surface area (Å²) in [6.07, 6.45) is 0. The van der Waals surface area contributed by atoms with Crippen LogP contribution in [0.25, 0.3) is 0 Å². The van der Waals surface area contributed by atoms with Crippen molar-refractivity contribution >= 4 is 5.97 Å². The third-order valence-corrected chi connectivity index (χ3v) is 1.89. The first kappa shape index (κ1) is 11.3. The van der Waals surface area contributed by atoms with Crippen LogP contribution < -0.4 is 10.5 Å². The van der Waals surface area contributed by atoms with Crippen LogP contribution in [-0.2, 0) is 4.79 Å². The van der Waals surface area contributed by atoms with Crippen molar-refractivity contribution in [3.63, 3.8) is 0 Å². The Balaban J connectivity index is 3.28. The molecule has 0 fully saturated rings. The molecular weight excluding hydrogens is 205 g/mol. The molecule has 4 N–H and O–H groups in total. The van der Waals surface area contributed by atoms with E-state index in [0.717, 1.165) is 12.1 Å². The molecule has 6 heteroatoms. The van der Waals surface area contributed by atoms with E-state index in [9.17, 15) is 14.3 Å². The van der Waals surface area contributed by atoms with Gasteiger partial charge in [-0.1, -0.05) is 0 Å². The summed E-state index contributed by atoms with van der Waals surface area (Å²) in [5.74, 6) is -2.70. The average Bonchev–Trinajstić information content (AvgIpc) is 2.19. The quantitative estimate of drug-likeness (QED) is 0.687. The van der Waals surface area contributed by atoms with Gasteiger partial charge in [0.2, 0.25) is 0 Å². The monoisotopic (exact) mass is 215 g/mol. The zero-order valence-electron chi connectivity index (χ0n) is 7.90. The number of aliphatic carboxylic acids is 1. The largest absolute Gasteiger partial charge is 0.504 e. The molecule has 15 heavy (non-hydrogen) atoms. The molecule has 1 aromatic carbocycles. The molecule has 1 rings (SSSR count). The summed E-state index contributed by atoms with van der Waals surface area (Å²) in [5, 5.41) is 18.1. The number of carbonyl (C=O) groups is 1. The molecule has 0 bridgehead atoms. The number of phenolic OH excluding ortho intramolecular Hbond substituents is 1. The molecule has 1 atom stereocenters. The number of benzene rings is 1. The molecule has 0 radical (unpaired) electrons. The Kier molecular flexibility index (Phi) is 3.11. The van der Waals surface area contributed by atoms with Gasteiger partial charge in [-0.25, -0.2) is 4.39 Å². The molecule has 0 aliphatic rings. The van der Waals surface area contributed by atoms with Gasteiger partial charge in [0.15, 0.2) is 11.5 Å². The van der Waals surface area contributed by atoms with Gasteiger partial charge >= 0.3 is 5.97 Å². The third kappa shape index (κ3) is 2.16. The maximum Gasteiger partial charge on any atom is 0.325 e. The van der Waals surface area contributed by atoms with Crippen molar-refractivity contribution in [3.05, 3.63) is 23.5 Å². The minimum atomic E-state index is -1.49. The van der Waals surface area contributed by atoms with Crippen molar-refractivity contribution < 1.29 is 24.1 Å². The maximum absolute atomic E-state index is 13.0. The van der Waals surface area contributed by atoms with Crippen molar-refractivity contribution in [2.75, 3.05) is 7.11 Å². The molecule has 5 nitrogen and oxygen atoms in total. The van der Waals surface area contributed by atoms with Crippen LogP contribution in [0.4, 0.5) is 4.39 Å². The first-order valence-corrected chi connectivity index (χ1v) is 4.02. The van der Waals surface area contributed by atoms with Gasteiger partial charge in [-0.2, -0.15) is 0 Å². The van der Waals surface area contributed by atoms with Crippen LogP contribution in [-0.4, -0.2) is 23.3 Å². The summed E-state index contributed by atoms with van der Waals surface area (Å²) in [5.41, 5.74) is 5.03. The van der Waals surface area contributed by atoms with Crippen molar-refractivity contribution in [1.82, 2.24) is 0 Å². The highest BCUT2D eigenvalue weighted by Crippen LogP contribution is 2.33. The lowest BCUT2D eigenvalue weighted by molar-refractivity contribution is -0.138. The lowest BCUT2D eigenvalue weighted by Crippen LogP contribution is -2.21. The molecule has 0 aromatic heterocycles. The fourth-order valence-electron chi connectivity index (χ4n) is 1.12. The standard InChI is InChI=1S/C9H10FNO4/c1-15-6-3-4(10)2-5(8(6)12)7(11)9(13)14/h2-3,7,12H,11H2,1H3,(H,13,14). The summed E-state index contributed by atoms with van der Waals surface area (Å²) >= 11 is 0. The maximum atomic E-state index is 13.0. The van der Waals surface area contributed by atoms with E-state index in [1.807, 2.05) is 0 Å².